The smallest absolute Gasteiger partial charge is 0.331 e. The van der Waals surface area contributed by atoms with E-state index in [-0.39, 0.29) is 23.2 Å². The summed E-state index contributed by atoms with van der Waals surface area (Å²) in [6.45, 7) is 1.31. The second kappa shape index (κ2) is 7.17. The van der Waals surface area contributed by atoms with E-state index in [1.165, 1.54) is 24.3 Å². The number of aromatic nitrogens is 2. The molecule has 3 aromatic rings. The summed E-state index contributed by atoms with van der Waals surface area (Å²) in [7, 11) is -3.67. The molecule has 0 unspecified atom stereocenters. The molecular formula is C17H14N4O5S2. The van der Waals surface area contributed by atoms with Gasteiger partial charge in [0.2, 0.25) is 5.82 Å². The molecular weight excluding hydrogens is 404 g/mol. The van der Waals surface area contributed by atoms with Crippen LogP contribution in [0.2, 0.25) is 0 Å². The maximum absolute atomic E-state index is 12.2. The van der Waals surface area contributed by atoms with Crippen molar-refractivity contribution in [3.05, 3.63) is 53.2 Å². The summed E-state index contributed by atoms with van der Waals surface area (Å²) in [4.78, 5) is 21.5. The first kappa shape index (κ1) is 18.3. The van der Waals surface area contributed by atoms with Crippen LogP contribution in [0.1, 0.15) is 18.4 Å². The number of carbonyl (C=O) groups excluding carboxylic acids is 1. The number of amidine groups is 1. The zero-order valence-electron chi connectivity index (χ0n) is 14.5. The summed E-state index contributed by atoms with van der Waals surface area (Å²) in [5, 5.41) is 5.72. The molecule has 0 amide bonds. The van der Waals surface area contributed by atoms with Gasteiger partial charge in [-0.1, -0.05) is 23.4 Å². The van der Waals surface area contributed by atoms with Crippen LogP contribution in [0, 0.1) is 0 Å². The second-order valence-electron chi connectivity index (χ2n) is 5.85. The van der Waals surface area contributed by atoms with E-state index in [9.17, 15) is 13.2 Å². The summed E-state index contributed by atoms with van der Waals surface area (Å²) >= 11 is 1.46. The van der Waals surface area contributed by atoms with Crippen molar-refractivity contribution in [3.8, 4) is 10.7 Å². The summed E-state index contributed by atoms with van der Waals surface area (Å²) in [6.07, 6.45) is 0. The topological polar surface area (TPSA) is 124 Å². The third-order valence-electron chi connectivity index (χ3n) is 3.87. The molecule has 0 aliphatic carbocycles. The quantitative estimate of drug-likeness (QED) is 0.628. The molecule has 1 aliphatic heterocycles. The van der Waals surface area contributed by atoms with E-state index in [0.717, 1.165) is 4.88 Å². The number of fused-ring (bicyclic) bond motifs is 1. The Bertz CT molecular complexity index is 1150. The molecule has 0 spiro atoms. The van der Waals surface area contributed by atoms with Gasteiger partial charge >= 0.3 is 5.97 Å². The van der Waals surface area contributed by atoms with Crippen molar-refractivity contribution in [2.45, 2.75) is 24.5 Å². The van der Waals surface area contributed by atoms with Gasteiger partial charge in [-0.3, -0.25) is 9.71 Å². The minimum Gasteiger partial charge on any atom is -0.454 e. The molecule has 3 heterocycles. The number of sulfonamides is 1. The first-order valence-corrected chi connectivity index (χ1v) is 10.5. The molecule has 144 valence electrons. The lowest BCUT2D eigenvalue weighted by molar-refractivity contribution is -0.146. The number of hydrogen-bond acceptors (Lipinski definition) is 9. The summed E-state index contributed by atoms with van der Waals surface area (Å²) in [6, 6.07) is 9.20. The standard InChI is InChI=1S/C17H14N4O5S2/c1-10(18-15-11-5-2-3-7-13(11)28(23,24)21-15)17(22)25-9-14-19-16(20-26-14)12-6-4-8-27-12/h2-8,10H,9H2,1H3,(H,18,21)/t10-/m0/s1. The van der Waals surface area contributed by atoms with Crippen LogP contribution in [0.3, 0.4) is 0 Å². The van der Waals surface area contributed by atoms with Crippen LogP contribution >= 0.6 is 11.3 Å². The van der Waals surface area contributed by atoms with Crippen LogP contribution in [0.25, 0.3) is 10.7 Å². The van der Waals surface area contributed by atoms with Crippen molar-refractivity contribution in [2.24, 2.45) is 4.99 Å². The van der Waals surface area contributed by atoms with Gasteiger partial charge in [-0.2, -0.15) is 4.98 Å². The number of thiophene rings is 1. The highest BCUT2D eigenvalue weighted by atomic mass is 32.2. The lowest BCUT2D eigenvalue weighted by Crippen LogP contribution is -2.26. The Morgan fingerprint density at radius 3 is 2.93 bits per heavy atom. The maximum Gasteiger partial charge on any atom is 0.331 e. The minimum atomic E-state index is -3.67. The van der Waals surface area contributed by atoms with Crippen molar-refractivity contribution in [1.82, 2.24) is 14.9 Å². The molecule has 0 saturated heterocycles. The predicted molar refractivity (Wildman–Crippen MR) is 100 cm³/mol. The number of carbonyl (C=O) groups is 1. The molecule has 0 bridgehead atoms. The number of nitrogens with zero attached hydrogens (tertiary/aromatic N) is 3. The van der Waals surface area contributed by atoms with E-state index in [2.05, 4.69) is 19.9 Å². The zero-order chi connectivity index (χ0) is 19.7. The molecule has 0 radical (unpaired) electrons. The Morgan fingerprint density at radius 1 is 1.32 bits per heavy atom. The zero-order valence-corrected chi connectivity index (χ0v) is 16.2. The van der Waals surface area contributed by atoms with Crippen molar-refractivity contribution in [3.63, 3.8) is 0 Å². The fraction of sp³-hybridized carbons (Fsp3) is 0.176. The van der Waals surface area contributed by atoms with E-state index in [1.807, 2.05) is 17.5 Å². The number of benzene rings is 1. The van der Waals surface area contributed by atoms with E-state index in [1.54, 1.807) is 18.2 Å². The number of hydrogen-bond donors (Lipinski definition) is 1. The Hall–Kier alpha value is -3.05. The van der Waals surface area contributed by atoms with Crippen molar-refractivity contribution >= 4 is 33.2 Å². The normalized spacial score (nSPS) is 17.1. The predicted octanol–water partition coefficient (Wildman–Crippen LogP) is 1.97. The number of ether oxygens (including phenoxy) is 1. The van der Waals surface area contributed by atoms with Gasteiger partial charge in [-0.05, 0) is 30.5 Å². The third kappa shape index (κ3) is 3.53. The minimum absolute atomic E-state index is 0.109. The molecule has 2 aromatic heterocycles. The van der Waals surface area contributed by atoms with Gasteiger partial charge in [-0.25, -0.2) is 13.2 Å². The molecule has 9 nitrogen and oxygen atoms in total. The maximum atomic E-state index is 12.2. The lowest BCUT2D eigenvalue weighted by Gasteiger charge is -2.07. The van der Waals surface area contributed by atoms with Crippen LogP contribution in [0.15, 0.2) is 56.2 Å². The SMILES string of the molecule is C[C@H](N=C1NS(=O)(=O)c2ccccc21)C(=O)OCc1nc(-c2cccs2)no1. The van der Waals surface area contributed by atoms with Crippen LogP contribution < -0.4 is 4.72 Å². The Morgan fingerprint density at radius 2 is 2.14 bits per heavy atom. The first-order chi connectivity index (χ1) is 13.4. The number of esters is 1. The summed E-state index contributed by atoms with van der Waals surface area (Å²) < 4.78 is 36.8. The summed E-state index contributed by atoms with van der Waals surface area (Å²) in [5.74, 6) is 0.0413. The second-order valence-corrected chi connectivity index (χ2v) is 8.45. The van der Waals surface area contributed by atoms with E-state index in [4.69, 9.17) is 9.26 Å². The Balaban J connectivity index is 1.43. The van der Waals surface area contributed by atoms with Crippen LogP contribution in [0.5, 0.6) is 0 Å². The molecule has 11 heteroatoms. The fourth-order valence-electron chi connectivity index (χ4n) is 2.55. The molecule has 1 aliphatic rings. The highest BCUT2D eigenvalue weighted by molar-refractivity contribution is 7.90. The average Bonchev–Trinajstić information content (AvgIpc) is 3.40. The van der Waals surface area contributed by atoms with Crippen LogP contribution in [0.4, 0.5) is 0 Å². The molecule has 1 atom stereocenters. The van der Waals surface area contributed by atoms with Gasteiger partial charge in [-0.15, -0.1) is 11.3 Å². The molecule has 0 saturated carbocycles. The van der Waals surface area contributed by atoms with Gasteiger partial charge < -0.3 is 9.26 Å². The van der Waals surface area contributed by atoms with E-state index < -0.39 is 22.0 Å². The van der Waals surface area contributed by atoms with Crippen molar-refractivity contribution in [1.29, 1.82) is 0 Å². The lowest BCUT2D eigenvalue weighted by atomic mass is 10.2. The Kier molecular flexibility index (Phi) is 4.69. The molecule has 1 aromatic carbocycles. The first-order valence-electron chi connectivity index (χ1n) is 8.17. The average molecular weight is 418 g/mol. The molecule has 1 N–H and O–H groups in total. The highest BCUT2D eigenvalue weighted by Gasteiger charge is 2.31. The molecule has 0 fully saturated rings. The number of rotatable bonds is 5. The van der Waals surface area contributed by atoms with Gasteiger partial charge in [0.15, 0.2) is 6.61 Å². The Labute approximate surface area is 164 Å². The molecule has 4 rings (SSSR count). The fourth-order valence-corrected chi connectivity index (χ4v) is 4.44. The van der Waals surface area contributed by atoms with E-state index >= 15 is 0 Å². The third-order valence-corrected chi connectivity index (χ3v) is 6.14. The summed E-state index contributed by atoms with van der Waals surface area (Å²) in [5.41, 5.74) is 0.416. The van der Waals surface area contributed by atoms with Gasteiger partial charge in [0.05, 0.1) is 9.77 Å². The van der Waals surface area contributed by atoms with Gasteiger partial charge in [0.1, 0.15) is 11.9 Å². The van der Waals surface area contributed by atoms with Crippen LogP contribution in [-0.2, 0) is 26.2 Å². The van der Waals surface area contributed by atoms with Crippen LogP contribution in [-0.4, -0.2) is 36.4 Å². The van der Waals surface area contributed by atoms with E-state index in [0.29, 0.717) is 11.4 Å². The van der Waals surface area contributed by atoms with Crippen molar-refractivity contribution < 1.29 is 22.5 Å². The van der Waals surface area contributed by atoms with Crippen molar-refractivity contribution in [2.75, 3.05) is 0 Å². The molecule has 28 heavy (non-hydrogen) atoms. The number of nitrogens with one attached hydrogen (secondary N) is 1. The number of aliphatic imine (C=N–C) groups is 1. The van der Waals surface area contributed by atoms with Gasteiger partial charge in [0.25, 0.3) is 15.9 Å². The monoisotopic (exact) mass is 418 g/mol. The largest absolute Gasteiger partial charge is 0.454 e. The highest BCUT2D eigenvalue weighted by Crippen LogP contribution is 2.23. The van der Waals surface area contributed by atoms with Gasteiger partial charge in [0, 0.05) is 5.56 Å².